The standard InChI is InChI=1S/C25H28AsN3O3/c1-32-23-8-4-19(5-9-23)21-16-27-25(28-17-21)26-22-6-2-18(3-7-22)10-13-29-14-11-20(12-15-29)24(30)31/h2-9,16-17,20,26H,10-15H2,1H3,(H,30,31). The van der Waals surface area contributed by atoms with Crippen molar-refractivity contribution in [2.75, 3.05) is 26.7 Å². The molecule has 0 saturated carbocycles. The van der Waals surface area contributed by atoms with E-state index >= 15 is 0 Å². The van der Waals surface area contributed by atoms with Crippen LogP contribution in [-0.2, 0) is 11.2 Å². The summed E-state index contributed by atoms with van der Waals surface area (Å²) in [6.45, 7) is 2.74. The third kappa shape index (κ3) is 5.96. The molecule has 7 heteroatoms. The summed E-state index contributed by atoms with van der Waals surface area (Å²) in [5, 5.41) is 9.12. The monoisotopic (exact) mass is 493 g/mol. The second kappa shape index (κ2) is 10.8. The number of hydrogen-bond acceptors (Lipinski definition) is 5. The van der Waals surface area contributed by atoms with Crippen molar-refractivity contribution in [2.24, 2.45) is 5.92 Å². The summed E-state index contributed by atoms with van der Waals surface area (Å²) in [6, 6.07) is 16.7. The Balaban J connectivity index is 1.27. The Bertz CT molecular complexity index is 1020. The van der Waals surface area contributed by atoms with Gasteiger partial charge < -0.3 is 0 Å². The molecule has 0 aliphatic carbocycles. The molecule has 3 aromatic rings. The fraction of sp³-hybridized carbons (Fsp3) is 0.320. The average molecular weight is 493 g/mol. The molecule has 4 rings (SSSR count). The summed E-state index contributed by atoms with van der Waals surface area (Å²) in [7, 11) is 1.66. The van der Waals surface area contributed by atoms with Gasteiger partial charge in [-0.2, -0.15) is 0 Å². The zero-order valence-corrected chi connectivity index (χ0v) is 20.3. The Kier molecular flexibility index (Phi) is 7.56. The first-order chi connectivity index (χ1) is 15.6. The van der Waals surface area contributed by atoms with E-state index in [0.29, 0.717) is 0 Å². The van der Waals surface area contributed by atoms with Crippen molar-refractivity contribution in [1.29, 1.82) is 0 Å². The summed E-state index contributed by atoms with van der Waals surface area (Å²) in [5.74, 6) is 0.0231. The first-order valence-electron chi connectivity index (χ1n) is 10.9. The van der Waals surface area contributed by atoms with E-state index in [-0.39, 0.29) is 5.92 Å². The molecule has 1 aliphatic rings. The number of methoxy groups -OCH3 is 1. The molecule has 6 nitrogen and oxygen atoms in total. The SMILES string of the molecule is COc1ccc(-c2cnc([AsH]c3ccc(CCN4CCC(C(=O)O)CC4)cc3)nc2)cc1. The van der Waals surface area contributed by atoms with Gasteiger partial charge in [0.15, 0.2) is 0 Å². The number of carboxylic acid groups (broad SMARTS) is 1. The van der Waals surface area contributed by atoms with Crippen LogP contribution < -0.4 is 13.7 Å². The van der Waals surface area contributed by atoms with E-state index in [4.69, 9.17) is 9.84 Å². The Hall–Kier alpha value is -2.69. The number of carboxylic acids is 1. The van der Waals surface area contributed by atoms with Gasteiger partial charge >= 0.3 is 195 Å². The van der Waals surface area contributed by atoms with Crippen LogP contribution in [0, 0.1) is 5.92 Å². The molecule has 1 fully saturated rings. The van der Waals surface area contributed by atoms with E-state index < -0.39 is 21.7 Å². The number of hydrogen-bond donors (Lipinski definition) is 1. The van der Waals surface area contributed by atoms with Gasteiger partial charge in [-0.15, -0.1) is 0 Å². The van der Waals surface area contributed by atoms with Gasteiger partial charge in [-0.1, -0.05) is 0 Å². The molecule has 0 bridgehead atoms. The van der Waals surface area contributed by atoms with Crippen LogP contribution in [0.2, 0.25) is 0 Å². The summed E-state index contributed by atoms with van der Waals surface area (Å²) < 4.78 is 7.45. The van der Waals surface area contributed by atoms with Crippen LogP contribution in [0.15, 0.2) is 60.9 Å². The first-order valence-corrected chi connectivity index (χ1v) is 13.0. The summed E-state index contributed by atoms with van der Waals surface area (Å²) in [5.41, 5.74) is 3.40. The molecular weight excluding hydrogens is 465 g/mol. The zero-order chi connectivity index (χ0) is 22.3. The molecule has 0 spiro atoms. The first kappa shape index (κ1) is 22.5. The third-order valence-electron chi connectivity index (χ3n) is 5.94. The number of ether oxygens (including phenoxy) is 1. The molecule has 2 aromatic carbocycles. The second-order valence-corrected chi connectivity index (χ2v) is 10.7. The Morgan fingerprint density at radius 3 is 2.28 bits per heavy atom. The molecule has 0 radical (unpaired) electrons. The van der Waals surface area contributed by atoms with Crippen LogP contribution in [0.3, 0.4) is 0 Å². The van der Waals surface area contributed by atoms with Gasteiger partial charge in [-0.05, 0) is 0 Å². The van der Waals surface area contributed by atoms with E-state index in [2.05, 4.69) is 39.1 Å². The molecule has 32 heavy (non-hydrogen) atoms. The van der Waals surface area contributed by atoms with Gasteiger partial charge in [0.05, 0.1) is 0 Å². The van der Waals surface area contributed by atoms with Crippen molar-refractivity contribution in [1.82, 2.24) is 14.9 Å². The molecule has 1 atom stereocenters. The quantitative estimate of drug-likeness (QED) is 0.483. The van der Waals surface area contributed by atoms with E-state index in [1.807, 2.05) is 36.7 Å². The van der Waals surface area contributed by atoms with Gasteiger partial charge in [-0.3, -0.25) is 0 Å². The van der Waals surface area contributed by atoms with Gasteiger partial charge in [-0.25, -0.2) is 0 Å². The fourth-order valence-electron chi connectivity index (χ4n) is 3.90. The minimum atomic E-state index is -0.650. The minimum absolute atomic E-state index is 0.164. The third-order valence-corrected chi connectivity index (χ3v) is 8.25. The van der Waals surface area contributed by atoms with Gasteiger partial charge in [0.2, 0.25) is 0 Å². The average Bonchev–Trinajstić information content (AvgIpc) is 2.84. The van der Waals surface area contributed by atoms with Crippen molar-refractivity contribution in [3.63, 3.8) is 0 Å². The Labute approximate surface area is 195 Å². The van der Waals surface area contributed by atoms with E-state index in [1.165, 1.54) is 9.91 Å². The van der Waals surface area contributed by atoms with Gasteiger partial charge in [0.25, 0.3) is 0 Å². The zero-order valence-electron chi connectivity index (χ0n) is 18.2. The normalized spacial score (nSPS) is 15.3. The number of carbonyl (C=O) groups is 1. The van der Waals surface area contributed by atoms with Crippen LogP contribution in [0.1, 0.15) is 18.4 Å². The maximum absolute atomic E-state index is 11.1. The van der Waals surface area contributed by atoms with Crippen LogP contribution in [0.4, 0.5) is 0 Å². The topological polar surface area (TPSA) is 75.5 Å². The van der Waals surface area contributed by atoms with Crippen LogP contribution in [-0.4, -0.2) is 68.4 Å². The van der Waals surface area contributed by atoms with Crippen LogP contribution in [0.25, 0.3) is 11.1 Å². The number of aliphatic carboxylic acids is 1. The van der Waals surface area contributed by atoms with Crippen molar-refractivity contribution in [3.05, 3.63) is 66.5 Å². The molecule has 1 unspecified atom stereocenters. The summed E-state index contributed by atoms with van der Waals surface area (Å²) in [4.78, 5) is 22.6. The van der Waals surface area contributed by atoms with Gasteiger partial charge in [0.1, 0.15) is 0 Å². The van der Waals surface area contributed by atoms with Crippen molar-refractivity contribution < 1.29 is 14.6 Å². The number of piperidine rings is 1. The maximum atomic E-state index is 11.1. The second-order valence-electron chi connectivity index (χ2n) is 8.05. The molecular formula is C25H28AsN3O3. The predicted molar refractivity (Wildman–Crippen MR) is 127 cm³/mol. The van der Waals surface area contributed by atoms with E-state index in [0.717, 1.165) is 60.4 Å². The summed E-state index contributed by atoms with van der Waals surface area (Å²) in [6.07, 6.45) is 6.31. The van der Waals surface area contributed by atoms with Gasteiger partial charge in [0, 0.05) is 0 Å². The molecule has 1 aromatic heterocycles. The van der Waals surface area contributed by atoms with Crippen LogP contribution in [0.5, 0.6) is 5.75 Å². The molecule has 166 valence electrons. The van der Waals surface area contributed by atoms with E-state index in [1.54, 1.807) is 7.11 Å². The van der Waals surface area contributed by atoms with Crippen molar-refractivity contribution >= 4 is 30.7 Å². The fourth-order valence-corrected chi connectivity index (χ4v) is 5.68. The molecule has 1 N–H and O–H groups in total. The number of likely N-dealkylation sites (tertiary alicyclic amines) is 1. The molecule has 0 amide bonds. The summed E-state index contributed by atoms with van der Waals surface area (Å²) >= 11 is -0.570. The Morgan fingerprint density at radius 2 is 1.69 bits per heavy atom. The number of nitrogens with zero attached hydrogens (tertiary/aromatic N) is 3. The number of rotatable bonds is 8. The predicted octanol–water partition coefficient (Wildman–Crippen LogP) is 1.88. The number of benzene rings is 2. The molecule has 1 saturated heterocycles. The Morgan fingerprint density at radius 1 is 1.03 bits per heavy atom. The van der Waals surface area contributed by atoms with Crippen molar-refractivity contribution in [3.8, 4) is 16.9 Å². The molecule has 1 aliphatic heterocycles. The van der Waals surface area contributed by atoms with Crippen molar-refractivity contribution in [2.45, 2.75) is 19.3 Å². The number of aromatic nitrogens is 2. The van der Waals surface area contributed by atoms with E-state index in [9.17, 15) is 4.79 Å². The molecule has 2 heterocycles. The van der Waals surface area contributed by atoms with Crippen LogP contribution >= 0.6 is 0 Å².